The first-order valence-electron chi connectivity index (χ1n) is 8.10. The summed E-state index contributed by atoms with van der Waals surface area (Å²) in [7, 11) is 1.74. The molecule has 1 unspecified atom stereocenters. The third kappa shape index (κ3) is 3.04. The fraction of sp³-hybridized carbons (Fsp3) is 0.688. The molecule has 3 rings (SSSR count). The minimum atomic E-state index is -0.451. The van der Waals surface area contributed by atoms with Gasteiger partial charge in [-0.05, 0) is 12.8 Å². The number of likely N-dealkylation sites (tertiary alicyclic amines) is 1. The molecule has 1 aromatic heterocycles. The third-order valence-corrected chi connectivity index (χ3v) is 4.64. The monoisotopic (exact) mass is 321 g/mol. The Morgan fingerprint density at radius 3 is 2.74 bits per heavy atom. The number of likely N-dealkylation sites (N-methyl/N-ethyl adjacent to an activating group) is 1. The van der Waals surface area contributed by atoms with Crippen LogP contribution in [-0.2, 0) is 4.74 Å². The molecule has 0 radical (unpaired) electrons. The van der Waals surface area contributed by atoms with Gasteiger partial charge < -0.3 is 19.1 Å². The van der Waals surface area contributed by atoms with E-state index in [9.17, 15) is 9.59 Å². The lowest BCUT2D eigenvalue weighted by Gasteiger charge is -2.25. The summed E-state index contributed by atoms with van der Waals surface area (Å²) in [6, 6.07) is 1.72. The predicted molar refractivity (Wildman–Crippen MR) is 82.2 cm³/mol. The maximum Gasteiger partial charge on any atom is 0.410 e. The Morgan fingerprint density at radius 1 is 1.35 bits per heavy atom. The Hall–Kier alpha value is -2.05. The van der Waals surface area contributed by atoms with Crippen molar-refractivity contribution in [1.82, 2.24) is 15.0 Å². The number of nitrogens with zero attached hydrogens (tertiary/aromatic N) is 3. The first-order valence-corrected chi connectivity index (χ1v) is 8.10. The summed E-state index contributed by atoms with van der Waals surface area (Å²) in [4.78, 5) is 27.7. The van der Waals surface area contributed by atoms with Crippen LogP contribution in [0, 0.1) is 0 Å². The van der Waals surface area contributed by atoms with Crippen molar-refractivity contribution in [2.75, 3.05) is 26.7 Å². The summed E-state index contributed by atoms with van der Waals surface area (Å²) in [5, 5.41) is 3.90. The topological polar surface area (TPSA) is 75.9 Å². The lowest BCUT2D eigenvalue weighted by Crippen LogP contribution is -2.37. The summed E-state index contributed by atoms with van der Waals surface area (Å²) in [6.45, 7) is 5.79. The second-order valence-electron chi connectivity index (χ2n) is 6.82. The largest absolute Gasteiger partial charge is 0.441 e. The van der Waals surface area contributed by atoms with E-state index in [2.05, 4.69) is 5.16 Å². The molecule has 2 aliphatic heterocycles. The zero-order valence-electron chi connectivity index (χ0n) is 13.9. The van der Waals surface area contributed by atoms with Crippen LogP contribution in [0.25, 0.3) is 0 Å². The molecule has 23 heavy (non-hydrogen) atoms. The number of amides is 2. The number of rotatable bonds is 2. The van der Waals surface area contributed by atoms with Crippen LogP contribution in [-0.4, -0.2) is 59.2 Å². The molecule has 7 heteroatoms. The van der Waals surface area contributed by atoms with Crippen molar-refractivity contribution in [3.05, 3.63) is 17.5 Å². The van der Waals surface area contributed by atoms with E-state index in [1.54, 1.807) is 22.9 Å². The molecule has 7 nitrogen and oxygen atoms in total. The second kappa shape index (κ2) is 5.86. The van der Waals surface area contributed by atoms with Gasteiger partial charge in [0.25, 0.3) is 5.91 Å². The van der Waals surface area contributed by atoms with E-state index >= 15 is 0 Å². The highest BCUT2D eigenvalue weighted by Crippen LogP contribution is 2.32. The molecule has 3 heterocycles. The highest BCUT2D eigenvalue weighted by molar-refractivity contribution is 5.92. The maximum atomic E-state index is 12.6. The first kappa shape index (κ1) is 15.8. The van der Waals surface area contributed by atoms with Gasteiger partial charge in [0.2, 0.25) is 0 Å². The van der Waals surface area contributed by atoms with E-state index in [0.717, 1.165) is 12.8 Å². The van der Waals surface area contributed by atoms with Crippen molar-refractivity contribution in [3.8, 4) is 0 Å². The summed E-state index contributed by atoms with van der Waals surface area (Å²) in [6.07, 6.45) is 1.97. The molecule has 0 aliphatic carbocycles. The van der Waals surface area contributed by atoms with Crippen LogP contribution in [0.15, 0.2) is 10.6 Å². The fourth-order valence-electron chi connectivity index (χ4n) is 3.25. The zero-order valence-corrected chi connectivity index (χ0v) is 13.9. The van der Waals surface area contributed by atoms with Gasteiger partial charge in [-0.2, -0.15) is 0 Å². The molecule has 1 aromatic rings. The van der Waals surface area contributed by atoms with Crippen LogP contribution in [0.4, 0.5) is 4.79 Å². The van der Waals surface area contributed by atoms with Crippen molar-refractivity contribution in [3.63, 3.8) is 0 Å². The van der Waals surface area contributed by atoms with E-state index in [-0.39, 0.29) is 17.9 Å². The summed E-state index contributed by atoms with van der Waals surface area (Å²) in [5.74, 6) is 0.797. The molecule has 126 valence electrons. The number of aromatic nitrogens is 1. The van der Waals surface area contributed by atoms with Gasteiger partial charge >= 0.3 is 6.09 Å². The van der Waals surface area contributed by atoms with Gasteiger partial charge in [-0.25, -0.2) is 4.79 Å². The van der Waals surface area contributed by atoms with E-state index in [4.69, 9.17) is 9.26 Å². The van der Waals surface area contributed by atoms with Crippen molar-refractivity contribution < 1.29 is 18.8 Å². The van der Waals surface area contributed by atoms with Crippen molar-refractivity contribution in [2.24, 2.45) is 0 Å². The van der Waals surface area contributed by atoms with Gasteiger partial charge in [0, 0.05) is 38.5 Å². The fourth-order valence-corrected chi connectivity index (χ4v) is 3.25. The third-order valence-electron chi connectivity index (χ3n) is 4.64. The molecule has 2 amide bonds. The minimum absolute atomic E-state index is 0.115. The lowest BCUT2D eigenvalue weighted by atomic mass is 9.95. The second-order valence-corrected chi connectivity index (χ2v) is 6.82. The molecule has 2 fully saturated rings. The highest BCUT2D eigenvalue weighted by atomic mass is 16.6. The Morgan fingerprint density at radius 2 is 2.13 bits per heavy atom. The molecule has 1 spiro atoms. The van der Waals surface area contributed by atoms with Gasteiger partial charge in [-0.1, -0.05) is 19.0 Å². The zero-order chi connectivity index (χ0) is 16.6. The van der Waals surface area contributed by atoms with Gasteiger partial charge in [0.15, 0.2) is 5.69 Å². The van der Waals surface area contributed by atoms with Crippen LogP contribution in [0.5, 0.6) is 0 Å². The maximum absolute atomic E-state index is 12.6. The lowest BCUT2D eigenvalue weighted by molar-refractivity contribution is 0.0438. The molecular formula is C16H23N3O4. The van der Waals surface area contributed by atoms with Crippen molar-refractivity contribution in [2.45, 2.75) is 44.6 Å². The number of ether oxygens (including phenoxy) is 1. The smallest absolute Gasteiger partial charge is 0.410 e. The van der Waals surface area contributed by atoms with Gasteiger partial charge in [-0.15, -0.1) is 0 Å². The standard InChI is InChI=1S/C16H23N3O4/c1-11(2)13-9-12(17-23-13)14(20)19-7-4-5-16(6-8-19)10-18(3)15(21)22-16/h9,11H,4-8,10H2,1-3H3. The first-order chi connectivity index (χ1) is 10.9. The molecular weight excluding hydrogens is 298 g/mol. The number of carbonyl (C=O) groups excluding carboxylic acids is 2. The quantitative estimate of drug-likeness (QED) is 0.835. The van der Waals surface area contributed by atoms with Crippen LogP contribution in [0.2, 0.25) is 0 Å². The van der Waals surface area contributed by atoms with E-state index in [1.165, 1.54) is 0 Å². The molecule has 0 saturated carbocycles. The number of hydrogen-bond acceptors (Lipinski definition) is 5. The van der Waals surface area contributed by atoms with Crippen molar-refractivity contribution >= 4 is 12.0 Å². The number of carbonyl (C=O) groups is 2. The van der Waals surface area contributed by atoms with E-state index in [1.807, 2.05) is 13.8 Å². The highest BCUT2D eigenvalue weighted by Gasteiger charge is 2.44. The van der Waals surface area contributed by atoms with E-state index in [0.29, 0.717) is 37.5 Å². The van der Waals surface area contributed by atoms with Crippen LogP contribution < -0.4 is 0 Å². The molecule has 0 aromatic carbocycles. The summed E-state index contributed by atoms with van der Waals surface area (Å²) < 4.78 is 10.8. The van der Waals surface area contributed by atoms with Crippen LogP contribution in [0.1, 0.15) is 55.3 Å². The summed E-state index contributed by atoms with van der Waals surface area (Å²) in [5.41, 5.74) is -0.0986. The Kier molecular flexibility index (Phi) is 4.04. The molecule has 2 aliphatic rings. The van der Waals surface area contributed by atoms with Crippen molar-refractivity contribution in [1.29, 1.82) is 0 Å². The Bertz CT molecular complexity index is 612. The molecule has 1 atom stereocenters. The Labute approximate surface area is 135 Å². The summed E-state index contributed by atoms with van der Waals surface area (Å²) >= 11 is 0. The molecule has 0 bridgehead atoms. The molecule has 0 N–H and O–H groups in total. The molecule has 2 saturated heterocycles. The van der Waals surface area contributed by atoms with Crippen LogP contribution >= 0.6 is 0 Å². The average molecular weight is 321 g/mol. The van der Waals surface area contributed by atoms with Gasteiger partial charge in [0.1, 0.15) is 11.4 Å². The minimum Gasteiger partial charge on any atom is -0.441 e. The van der Waals surface area contributed by atoms with Gasteiger partial charge in [-0.3, -0.25) is 4.79 Å². The van der Waals surface area contributed by atoms with Gasteiger partial charge in [0.05, 0.1) is 6.54 Å². The van der Waals surface area contributed by atoms with E-state index < -0.39 is 5.60 Å². The number of hydrogen-bond donors (Lipinski definition) is 0. The SMILES string of the molecule is CC(C)c1cc(C(=O)N2CCCC3(CC2)CN(C)C(=O)O3)no1. The Balaban J connectivity index is 1.68. The normalized spacial score (nSPS) is 25.1. The van der Waals surface area contributed by atoms with Crippen LogP contribution in [0.3, 0.4) is 0 Å². The average Bonchev–Trinajstić information content (AvgIpc) is 3.02. The predicted octanol–water partition coefficient (Wildman–Crippen LogP) is 2.24.